The first-order valence-corrected chi connectivity index (χ1v) is 8.73. The summed E-state index contributed by atoms with van der Waals surface area (Å²) in [4.78, 5) is 4.42. The van der Waals surface area contributed by atoms with Gasteiger partial charge in [0, 0.05) is 17.2 Å². The second-order valence-electron chi connectivity index (χ2n) is 5.54. The maximum Gasteiger partial charge on any atom is 0.230 e. The fraction of sp³-hybridized carbons (Fsp3) is 0.429. The Kier molecular flexibility index (Phi) is 3.44. The van der Waals surface area contributed by atoms with Crippen LogP contribution in [0.3, 0.4) is 0 Å². The average molecular weight is 307 g/mol. The largest absolute Gasteiger partial charge is 0.339 e. The third-order valence-electron chi connectivity index (χ3n) is 3.58. The highest BCUT2D eigenvalue weighted by atomic mass is 32.2. The summed E-state index contributed by atoms with van der Waals surface area (Å²) >= 11 is 0. The third kappa shape index (κ3) is 3.41. The number of hydrogen-bond donors (Lipinski definition) is 1. The Bertz CT molecular complexity index is 750. The lowest BCUT2D eigenvalue weighted by molar-refractivity contribution is 0.349. The van der Waals surface area contributed by atoms with Crippen molar-refractivity contribution in [1.29, 1.82) is 0 Å². The Hall–Kier alpha value is -1.89. The van der Waals surface area contributed by atoms with E-state index in [1.165, 1.54) is 12.8 Å². The van der Waals surface area contributed by atoms with Gasteiger partial charge in [-0.3, -0.25) is 4.72 Å². The van der Waals surface area contributed by atoms with Crippen LogP contribution in [0, 0.1) is 5.92 Å². The summed E-state index contributed by atoms with van der Waals surface area (Å²) in [5.41, 5.74) is 1.21. The van der Waals surface area contributed by atoms with Crippen LogP contribution in [0.1, 0.15) is 31.6 Å². The zero-order chi connectivity index (χ0) is 15.0. The molecule has 0 amide bonds. The van der Waals surface area contributed by atoms with Crippen LogP contribution in [0.4, 0.5) is 5.69 Å². The van der Waals surface area contributed by atoms with E-state index in [-0.39, 0.29) is 5.92 Å². The molecule has 21 heavy (non-hydrogen) atoms. The van der Waals surface area contributed by atoms with Crippen molar-refractivity contribution in [2.75, 3.05) is 11.0 Å². The van der Waals surface area contributed by atoms with E-state index in [0.717, 1.165) is 11.8 Å². The zero-order valence-corrected chi connectivity index (χ0v) is 12.7. The summed E-state index contributed by atoms with van der Waals surface area (Å²) in [6.07, 6.45) is 3.54. The Labute approximate surface area is 123 Å². The van der Waals surface area contributed by atoms with Crippen molar-refractivity contribution in [3.8, 4) is 11.4 Å². The first-order chi connectivity index (χ1) is 9.92. The second-order valence-corrected chi connectivity index (χ2v) is 7.29. The van der Waals surface area contributed by atoms with Crippen LogP contribution in [0.15, 0.2) is 28.8 Å². The van der Waals surface area contributed by atoms with Gasteiger partial charge in [0.05, 0.1) is 6.26 Å². The van der Waals surface area contributed by atoms with Crippen LogP contribution in [0.25, 0.3) is 11.4 Å². The molecule has 1 fully saturated rings. The highest BCUT2D eigenvalue weighted by Gasteiger charge is 2.32. The van der Waals surface area contributed by atoms with Crippen LogP contribution in [0.2, 0.25) is 0 Å². The van der Waals surface area contributed by atoms with Crippen LogP contribution < -0.4 is 4.72 Å². The van der Waals surface area contributed by atoms with Gasteiger partial charge in [-0.15, -0.1) is 0 Å². The number of sulfonamides is 1. The molecule has 0 saturated heterocycles. The quantitative estimate of drug-likeness (QED) is 0.917. The molecular formula is C14H17N3O3S. The van der Waals surface area contributed by atoms with E-state index in [1.54, 1.807) is 18.2 Å². The SMILES string of the molecule is CC(c1nc(-c2cccc(NS(C)(=O)=O)c2)no1)C1CC1. The molecule has 1 unspecified atom stereocenters. The summed E-state index contributed by atoms with van der Waals surface area (Å²) in [5.74, 6) is 2.06. The zero-order valence-electron chi connectivity index (χ0n) is 11.9. The van der Waals surface area contributed by atoms with Gasteiger partial charge in [0.2, 0.25) is 21.7 Å². The van der Waals surface area contributed by atoms with Gasteiger partial charge in [0.1, 0.15) is 0 Å². The summed E-state index contributed by atoms with van der Waals surface area (Å²) in [7, 11) is -3.30. The summed E-state index contributed by atoms with van der Waals surface area (Å²) < 4.78 is 30.3. The van der Waals surface area contributed by atoms with Crippen LogP contribution in [-0.2, 0) is 10.0 Å². The topological polar surface area (TPSA) is 85.1 Å². The maximum absolute atomic E-state index is 11.3. The molecule has 1 atom stereocenters. The molecule has 0 bridgehead atoms. The fourth-order valence-electron chi connectivity index (χ4n) is 2.27. The van der Waals surface area contributed by atoms with E-state index in [1.807, 2.05) is 6.07 Å². The molecule has 2 aromatic rings. The molecule has 1 aromatic heterocycles. The van der Waals surface area contributed by atoms with Crippen molar-refractivity contribution in [3.05, 3.63) is 30.2 Å². The van der Waals surface area contributed by atoms with E-state index in [9.17, 15) is 8.42 Å². The Morgan fingerprint density at radius 2 is 2.14 bits per heavy atom. The molecule has 0 radical (unpaired) electrons. The molecule has 0 aliphatic heterocycles. The average Bonchev–Trinajstić information content (AvgIpc) is 3.13. The molecule has 1 saturated carbocycles. The van der Waals surface area contributed by atoms with Crippen LogP contribution >= 0.6 is 0 Å². The van der Waals surface area contributed by atoms with Crippen molar-refractivity contribution < 1.29 is 12.9 Å². The van der Waals surface area contributed by atoms with Gasteiger partial charge in [-0.05, 0) is 30.9 Å². The smallest absolute Gasteiger partial charge is 0.230 e. The van der Waals surface area contributed by atoms with Crippen molar-refractivity contribution in [2.24, 2.45) is 5.92 Å². The molecule has 1 heterocycles. The van der Waals surface area contributed by atoms with Crippen molar-refractivity contribution in [1.82, 2.24) is 10.1 Å². The van der Waals surface area contributed by atoms with Gasteiger partial charge >= 0.3 is 0 Å². The van der Waals surface area contributed by atoms with Crippen LogP contribution in [0.5, 0.6) is 0 Å². The van der Waals surface area contributed by atoms with E-state index in [4.69, 9.17) is 4.52 Å². The van der Waals surface area contributed by atoms with Crippen molar-refractivity contribution in [2.45, 2.75) is 25.7 Å². The molecule has 1 N–H and O–H groups in total. The standard InChI is InChI=1S/C14H17N3O3S/c1-9(10-6-7-10)14-15-13(16-20-14)11-4-3-5-12(8-11)17-21(2,18)19/h3-5,8-10,17H,6-7H2,1-2H3. The molecule has 1 aliphatic carbocycles. The molecule has 1 aromatic carbocycles. The molecule has 3 rings (SSSR count). The number of rotatable bonds is 5. The summed E-state index contributed by atoms with van der Waals surface area (Å²) in [6.45, 7) is 2.09. The monoisotopic (exact) mass is 307 g/mol. The predicted molar refractivity (Wildman–Crippen MR) is 79.3 cm³/mol. The Morgan fingerprint density at radius 1 is 1.38 bits per heavy atom. The van der Waals surface area contributed by atoms with Gasteiger partial charge < -0.3 is 4.52 Å². The summed E-state index contributed by atoms with van der Waals surface area (Å²) in [5, 5.41) is 3.99. The minimum atomic E-state index is -3.30. The van der Waals surface area contributed by atoms with Gasteiger partial charge in [-0.1, -0.05) is 24.2 Å². The normalized spacial score (nSPS) is 16.7. The van der Waals surface area contributed by atoms with E-state index >= 15 is 0 Å². The molecular weight excluding hydrogens is 290 g/mol. The fourth-order valence-corrected chi connectivity index (χ4v) is 2.83. The van der Waals surface area contributed by atoms with Crippen molar-refractivity contribution >= 4 is 15.7 Å². The number of hydrogen-bond acceptors (Lipinski definition) is 5. The number of benzene rings is 1. The van der Waals surface area contributed by atoms with Gasteiger partial charge in [-0.25, -0.2) is 8.42 Å². The molecule has 1 aliphatic rings. The number of aromatic nitrogens is 2. The first-order valence-electron chi connectivity index (χ1n) is 6.84. The van der Waals surface area contributed by atoms with Gasteiger partial charge in [0.25, 0.3) is 0 Å². The van der Waals surface area contributed by atoms with Gasteiger partial charge in [-0.2, -0.15) is 4.98 Å². The lowest BCUT2D eigenvalue weighted by atomic mass is 10.1. The predicted octanol–water partition coefficient (Wildman–Crippen LogP) is 2.62. The van der Waals surface area contributed by atoms with Crippen molar-refractivity contribution in [3.63, 3.8) is 0 Å². The minimum Gasteiger partial charge on any atom is -0.339 e. The number of nitrogens with one attached hydrogen (secondary N) is 1. The van der Waals surface area contributed by atoms with E-state index in [2.05, 4.69) is 21.8 Å². The molecule has 112 valence electrons. The molecule has 0 spiro atoms. The highest BCUT2D eigenvalue weighted by Crippen LogP contribution is 2.41. The first kappa shape index (κ1) is 14.1. The van der Waals surface area contributed by atoms with Crippen LogP contribution in [-0.4, -0.2) is 24.8 Å². The van der Waals surface area contributed by atoms with E-state index in [0.29, 0.717) is 23.3 Å². The summed E-state index contributed by atoms with van der Waals surface area (Å²) in [6, 6.07) is 6.95. The molecule has 6 nitrogen and oxygen atoms in total. The van der Waals surface area contributed by atoms with E-state index < -0.39 is 10.0 Å². The maximum atomic E-state index is 11.3. The Morgan fingerprint density at radius 3 is 2.81 bits per heavy atom. The third-order valence-corrected chi connectivity index (χ3v) is 4.19. The highest BCUT2D eigenvalue weighted by molar-refractivity contribution is 7.92. The lowest BCUT2D eigenvalue weighted by Gasteiger charge is -2.04. The number of anilines is 1. The second kappa shape index (κ2) is 5.14. The minimum absolute atomic E-state index is 0.281. The number of nitrogens with zero attached hydrogens (tertiary/aromatic N) is 2. The molecule has 7 heteroatoms. The van der Waals surface area contributed by atoms with Gasteiger partial charge in [0.15, 0.2) is 0 Å². The lowest BCUT2D eigenvalue weighted by Crippen LogP contribution is -2.09. The Balaban J connectivity index is 1.85.